The summed E-state index contributed by atoms with van der Waals surface area (Å²) in [5.74, 6) is -7.18. The largest absolute Gasteiger partial charge is 0.508 e. The molecule has 1 aromatic carbocycles. The number of ketones is 1. The van der Waals surface area contributed by atoms with Crippen LogP contribution in [0.3, 0.4) is 0 Å². The van der Waals surface area contributed by atoms with Crippen molar-refractivity contribution in [3.05, 3.63) is 41.2 Å². The number of amides is 1. The summed E-state index contributed by atoms with van der Waals surface area (Å²) >= 11 is 0. The highest BCUT2D eigenvalue weighted by Gasteiger charge is 2.58. The fourth-order valence-electron chi connectivity index (χ4n) is 3.30. The maximum atomic E-state index is 12.6. The molecule has 4 rings (SSSR count). The van der Waals surface area contributed by atoms with Crippen LogP contribution < -0.4 is 5.73 Å². The molecule has 1 fully saturated rings. The Labute approximate surface area is 142 Å². The fraction of sp³-hybridized carbons (Fsp3) is 0.294. The molecule has 1 aromatic rings. The number of fused-ring (bicyclic) bond motifs is 3. The normalized spacial score (nSPS) is 24.9. The Bertz CT molecular complexity index is 809. The SMILES string of the molecule is CCOC(=O)C1C2=C(C(N)=O)C(=O)C(C(=O)O2)C1c1ccc(O)cc1. The summed E-state index contributed by atoms with van der Waals surface area (Å²) in [5, 5.41) is 9.44. The van der Waals surface area contributed by atoms with Gasteiger partial charge in [-0.15, -0.1) is 0 Å². The topological polar surface area (TPSA) is 133 Å². The van der Waals surface area contributed by atoms with Crippen LogP contribution in [0.4, 0.5) is 0 Å². The van der Waals surface area contributed by atoms with Crippen molar-refractivity contribution in [1.29, 1.82) is 0 Å². The first kappa shape index (κ1) is 16.7. The Morgan fingerprint density at radius 2 is 1.88 bits per heavy atom. The molecule has 2 heterocycles. The van der Waals surface area contributed by atoms with Crippen molar-refractivity contribution in [2.45, 2.75) is 12.8 Å². The van der Waals surface area contributed by atoms with Crippen LogP contribution in [0.2, 0.25) is 0 Å². The lowest BCUT2D eigenvalue weighted by Gasteiger charge is -2.41. The zero-order chi connectivity index (χ0) is 18.3. The minimum Gasteiger partial charge on any atom is -0.508 e. The fourth-order valence-corrected chi connectivity index (χ4v) is 3.30. The van der Waals surface area contributed by atoms with E-state index in [1.54, 1.807) is 6.92 Å². The zero-order valence-electron chi connectivity index (χ0n) is 13.2. The highest BCUT2D eigenvalue weighted by Crippen LogP contribution is 2.49. The minimum absolute atomic E-state index is 0.0108. The molecule has 8 nitrogen and oxygen atoms in total. The van der Waals surface area contributed by atoms with Gasteiger partial charge in [0.15, 0.2) is 5.78 Å². The number of carbonyl (C=O) groups is 4. The monoisotopic (exact) mass is 345 g/mol. The number of carbonyl (C=O) groups excluding carboxylic acids is 4. The quantitative estimate of drug-likeness (QED) is 0.451. The van der Waals surface area contributed by atoms with Crippen molar-refractivity contribution in [2.24, 2.45) is 17.6 Å². The van der Waals surface area contributed by atoms with E-state index in [2.05, 4.69) is 0 Å². The smallest absolute Gasteiger partial charge is 0.322 e. The first-order valence-electron chi connectivity index (χ1n) is 7.62. The second kappa shape index (κ2) is 6.04. The van der Waals surface area contributed by atoms with Gasteiger partial charge in [-0.05, 0) is 24.6 Å². The molecule has 130 valence electrons. The van der Waals surface area contributed by atoms with E-state index in [1.807, 2.05) is 0 Å². The Morgan fingerprint density at radius 3 is 2.44 bits per heavy atom. The molecule has 0 saturated carbocycles. The van der Waals surface area contributed by atoms with Crippen LogP contribution >= 0.6 is 0 Å². The molecule has 3 unspecified atom stereocenters. The summed E-state index contributed by atoms with van der Waals surface area (Å²) < 4.78 is 10.1. The Morgan fingerprint density at radius 1 is 1.24 bits per heavy atom. The number of Topliss-reactive ketones (excluding diaryl/α,β-unsaturated/α-hetero) is 1. The van der Waals surface area contributed by atoms with E-state index >= 15 is 0 Å². The predicted octanol–water partition coefficient (Wildman–Crippen LogP) is 0.150. The third-order valence-corrected chi connectivity index (χ3v) is 4.31. The summed E-state index contributed by atoms with van der Waals surface area (Å²) in [6, 6.07) is 5.74. The molecule has 25 heavy (non-hydrogen) atoms. The van der Waals surface area contributed by atoms with Crippen molar-refractivity contribution in [3.63, 3.8) is 0 Å². The molecule has 0 radical (unpaired) electrons. The molecule has 1 aliphatic carbocycles. The molecule has 1 amide bonds. The van der Waals surface area contributed by atoms with Gasteiger partial charge in [0.05, 0.1) is 6.61 Å². The van der Waals surface area contributed by atoms with E-state index in [9.17, 15) is 24.3 Å². The molecule has 3 aliphatic rings. The van der Waals surface area contributed by atoms with E-state index in [4.69, 9.17) is 15.2 Å². The van der Waals surface area contributed by atoms with Crippen LogP contribution in [0.15, 0.2) is 35.6 Å². The molecular weight excluding hydrogens is 330 g/mol. The molecular formula is C17H15NO7. The molecule has 2 aliphatic heterocycles. The lowest BCUT2D eigenvalue weighted by atomic mass is 9.66. The molecule has 0 aromatic heterocycles. The average molecular weight is 345 g/mol. The lowest BCUT2D eigenvalue weighted by molar-refractivity contribution is -0.164. The van der Waals surface area contributed by atoms with Gasteiger partial charge in [-0.25, -0.2) is 0 Å². The zero-order valence-corrected chi connectivity index (χ0v) is 13.2. The number of benzene rings is 1. The number of hydrogen-bond acceptors (Lipinski definition) is 7. The van der Waals surface area contributed by atoms with Gasteiger partial charge in [0.25, 0.3) is 5.91 Å². The first-order valence-corrected chi connectivity index (χ1v) is 7.62. The number of nitrogens with two attached hydrogens (primary N) is 1. The van der Waals surface area contributed by atoms with E-state index < -0.39 is 47.0 Å². The third-order valence-electron chi connectivity index (χ3n) is 4.31. The molecule has 3 atom stereocenters. The van der Waals surface area contributed by atoms with E-state index in [1.165, 1.54) is 24.3 Å². The van der Waals surface area contributed by atoms with Gasteiger partial charge in [0, 0.05) is 5.92 Å². The van der Waals surface area contributed by atoms with E-state index in [-0.39, 0.29) is 18.1 Å². The molecule has 2 bridgehead atoms. The van der Waals surface area contributed by atoms with Gasteiger partial charge in [0.2, 0.25) is 0 Å². The van der Waals surface area contributed by atoms with Crippen molar-refractivity contribution >= 4 is 23.6 Å². The number of esters is 2. The number of hydrogen-bond donors (Lipinski definition) is 2. The Kier molecular flexibility index (Phi) is 4.03. The number of rotatable bonds is 4. The van der Waals surface area contributed by atoms with Crippen LogP contribution in [0.25, 0.3) is 0 Å². The average Bonchev–Trinajstić information content (AvgIpc) is 2.54. The van der Waals surface area contributed by atoms with Crippen LogP contribution in [0.5, 0.6) is 5.75 Å². The Balaban J connectivity index is 2.20. The summed E-state index contributed by atoms with van der Waals surface area (Å²) in [5.41, 5.74) is 5.23. The predicted molar refractivity (Wildman–Crippen MR) is 81.8 cm³/mol. The van der Waals surface area contributed by atoms with Crippen LogP contribution in [0, 0.1) is 11.8 Å². The van der Waals surface area contributed by atoms with E-state index in [0.29, 0.717) is 5.56 Å². The van der Waals surface area contributed by atoms with Crippen molar-refractivity contribution < 1.29 is 33.8 Å². The van der Waals surface area contributed by atoms with Gasteiger partial charge in [-0.2, -0.15) is 0 Å². The maximum absolute atomic E-state index is 12.6. The standard InChI is InChI=1S/C17H15NO7/c1-2-24-16(22)11-9(7-3-5-8(19)6-4-7)10-13(20)12(15(18)21)14(11)25-17(10)23/h3-6,9-11,19H,2H2,1H3,(H2,18,21). The molecule has 8 heteroatoms. The number of primary amides is 1. The highest BCUT2D eigenvalue weighted by molar-refractivity contribution is 6.27. The summed E-state index contributed by atoms with van der Waals surface area (Å²) in [4.78, 5) is 48.8. The summed E-state index contributed by atoms with van der Waals surface area (Å²) in [7, 11) is 0. The number of ether oxygens (including phenoxy) is 2. The van der Waals surface area contributed by atoms with Gasteiger partial charge in [0.1, 0.15) is 28.9 Å². The number of aromatic hydroxyl groups is 1. The lowest BCUT2D eigenvalue weighted by Crippen LogP contribution is -2.52. The molecule has 0 spiro atoms. The second-order valence-electron chi connectivity index (χ2n) is 5.71. The van der Waals surface area contributed by atoms with Crippen LogP contribution in [-0.4, -0.2) is 35.3 Å². The minimum atomic E-state index is -1.38. The Hall–Kier alpha value is -3.16. The molecule has 1 saturated heterocycles. The van der Waals surface area contributed by atoms with Crippen molar-refractivity contribution in [3.8, 4) is 5.75 Å². The van der Waals surface area contributed by atoms with Gasteiger partial charge in [-0.1, -0.05) is 12.1 Å². The van der Waals surface area contributed by atoms with Gasteiger partial charge in [-0.3, -0.25) is 19.2 Å². The van der Waals surface area contributed by atoms with Crippen molar-refractivity contribution in [1.82, 2.24) is 0 Å². The molecule has 3 N–H and O–H groups in total. The summed E-state index contributed by atoms with van der Waals surface area (Å²) in [6.45, 7) is 1.68. The van der Waals surface area contributed by atoms with Crippen molar-refractivity contribution in [2.75, 3.05) is 6.61 Å². The summed E-state index contributed by atoms with van der Waals surface area (Å²) in [6.07, 6.45) is 0. The second-order valence-corrected chi connectivity index (χ2v) is 5.71. The maximum Gasteiger partial charge on any atom is 0.322 e. The number of phenols is 1. The van der Waals surface area contributed by atoms with Crippen LogP contribution in [0.1, 0.15) is 18.4 Å². The van der Waals surface area contributed by atoms with Gasteiger partial charge < -0.3 is 20.3 Å². The van der Waals surface area contributed by atoms with Gasteiger partial charge >= 0.3 is 11.9 Å². The third kappa shape index (κ3) is 2.55. The van der Waals surface area contributed by atoms with Crippen LogP contribution in [-0.2, 0) is 28.7 Å². The first-order chi connectivity index (χ1) is 11.9. The highest BCUT2D eigenvalue weighted by atomic mass is 16.6. The number of phenolic OH excluding ortho intramolecular Hbond substituents is 1. The van der Waals surface area contributed by atoms with E-state index in [0.717, 1.165) is 0 Å².